The van der Waals surface area contributed by atoms with Crippen LogP contribution >= 0.6 is 11.6 Å². The predicted octanol–water partition coefficient (Wildman–Crippen LogP) is 3.44. The lowest BCUT2D eigenvalue weighted by atomic mass is 10.0. The molecule has 3 rings (SSSR count). The average molecular weight is 290 g/mol. The normalized spacial score (nSPS) is 18.6. The van der Waals surface area contributed by atoms with Crippen LogP contribution in [0.25, 0.3) is 0 Å². The molecule has 0 bridgehead atoms. The van der Waals surface area contributed by atoms with Crippen molar-refractivity contribution < 1.29 is 9.47 Å². The smallest absolute Gasteiger partial charge is 0.161 e. The molecule has 0 aliphatic carbocycles. The molecular formula is C16H16ClNO2. The Balaban J connectivity index is 1.83. The molecule has 0 aromatic heterocycles. The van der Waals surface area contributed by atoms with Gasteiger partial charge in [-0.3, -0.25) is 0 Å². The number of hydrogen-bond acceptors (Lipinski definition) is 3. The van der Waals surface area contributed by atoms with Gasteiger partial charge in [0.1, 0.15) is 6.61 Å². The Morgan fingerprint density at radius 2 is 1.80 bits per heavy atom. The van der Waals surface area contributed by atoms with Crippen LogP contribution in [0.1, 0.15) is 11.6 Å². The lowest BCUT2D eigenvalue weighted by Crippen LogP contribution is -2.40. The van der Waals surface area contributed by atoms with Crippen molar-refractivity contribution in [1.29, 1.82) is 0 Å². The van der Waals surface area contributed by atoms with E-state index in [0.717, 1.165) is 22.1 Å². The molecule has 0 amide bonds. The van der Waals surface area contributed by atoms with Gasteiger partial charge in [0.15, 0.2) is 17.6 Å². The van der Waals surface area contributed by atoms with E-state index in [1.165, 1.54) is 0 Å². The number of nitrogens with one attached hydrogen (secondary N) is 1. The van der Waals surface area contributed by atoms with Crippen molar-refractivity contribution in [2.45, 2.75) is 12.1 Å². The molecule has 0 saturated carbocycles. The second-order valence-corrected chi connectivity index (χ2v) is 5.17. The first kappa shape index (κ1) is 13.3. The highest BCUT2D eigenvalue weighted by Gasteiger charge is 2.28. The molecule has 20 heavy (non-hydrogen) atoms. The number of fused-ring (bicyclic) bond motifs is 1. The highest BCUT2D eigenvalue weighted by atomic mass is 35.5. The molecule has 2 aromatic carbocycles. The van der Waals surface area contributed by atoms with Gasteiger partial charge < -0.3 is 14.8 Å². The van der Waals surface area contributed by atoms with E-state index in [4.69, 9.17) is 21.1 Å². The molecule has 0 fully saturated rings. The van der Waals surface area contributed by atoms with Gasteiger partial charge in [-0.15, -0.1) is 0 Å². The van der Waals surface area contributed by atoms with Crippen molar-refractivity contribution in [1.82, 2.24) is 5.32 Å². The number of likely N-dealkylation sites (N-methyl/N-ethyl adjacent to an activating group) is 1. The zero-order chi connectivity index (χ0) is 13.9. The maximum atomic E-state index is 6.05. The minimum absolute atomic E-state index is 0.0561. The van der Waals surface area contributed by atoms with Crippen molar-refractivity contribution in [3.63, 3.8) is 0 Å². The third kappa shape index (κ3) is 2.60. The third-order valence-electron chi connectivity index (χ3n) is 3.44. The molecule has 1 aliphatic heterocycles. The molecule has 1 N–H and O–H groups in total. The van der Waals surface area contributed by atoms with Gasteiger partial charge in [0.05, 0.1) is 6.04 Å². The van der Waals surface area contributed by atoms with E-state index in [1.807, 2.05) is 55.6 Å². The highest BCUT2D eigenvalue weighted by Crippen LogP contribution is 2.34. The number of halogens is 1. The molecule has 1 aliphatic rings. The summed E-state index contributed by atoms with van der Waals surface area (Å²) in [4.78, 5) is 0. The Morgan fingerprint density at radius 1 is 1.10 bits per heavy atom. The van der Waals surface area contributed by atoms with E-state index in [2.05, 4.69) is 5.32 Å². The van der Waals surface area contributed by atoms with Gasteiger partial charge >= 0.3 is 0 Å². The van der Waals surface area contributed by atoms with E-state index in [1.54, 1.807) is 0 Å². The fourth-order valence-electron chi connectivity index (χ4n) is 2.44. The largest absolute Gasteiger partial charge is 0.486 e. The second kappa shape index (κ2) is 5.73. The van der Waals surface area contributed by atoms with Crippen LogP contribution in [-0.2, 0) is 0 Å². The minimum Gasteiger partial charge on any atom is -0.486 e. The summed E-state index contributed by atoms with van der Waals surface area (Å²) >= 11 is 5.94. The summed E-state index contributed by atoms with van der Waals surface area (Å²) in [6.45, 7) is 0.519. The number of benzene rings is 2. The molecule has 2 unspecified atom stereocenters. The average Bonchev–Trinajstić information content (AvgIpc) is 2.50. The Kier molecular flexibility index (Phi) is 3.81. The van der Waals surface area contributed by atoms with Crippen LogP contribution in [-0.4, -0.2) is 19.8 Å². The molecule has 3 nitrogen and oxygen atoms in total. The summed E-state index contributed by atoms with van der Waals surface area (Å²) in [6.07, 6.45) is -0.0731. The van der Waals surface area contributed by atoms with Crippen LogP contribution in [0.3, 0.4) is 0 Å². The van der Waals surface area contributed by atoms with Gasteiger partial charge in [0.25, 0.3) is 0 Å². The maximum Gasteiger partial charge on any atom is 0.161 e. The molecule has 2 atom stereocenters. The summed E-state index contributed by atoms with van der Waals surface area (Å²) in [5.74, 6) is 1.59. The number of hydrogen-bond donors (Lipinski definition) is 1. The van der Waals surface area contributed by atoms with Gasteiger partial charge in [0, 0.05) is 5.02 Å². The van der Waals surface area contributed by atoms with Gasteiger partial charge in [-0.1, -0.05) is 35.9 Å². The quantitative estimate of drug-likeness (QED) is 0.939. The Labute approximate surface area is 123 Å². The zero-order valence-electron chi connectivity index (χ0n) is 11.2. The SMILES string of the molecule is CNC(c1ccc(Cl)cc1)C1COc2ccccc2O1. The number of para-hydroxylation sites is 2. The van der Waals surface area contributed by atoms with E-state index < -0.39 is 0 Å². The van der Waals surface area contributed by atoms with Crippen molar-refractivity contribution in [3.05, 3.63) is 59.1 Å². The minimum atomic E-state index is -0.0731. The van der Waals surface area contributed by atoms with Crippen LogP contribution < -0.4 is 14.8 Å². The lowest BCUT2D eigenvalue weighted by Gasteiger charge is -2.32. The fraction of sp³-hybridized carbons (Fsp3) is 0.250. The first-order chi connectivity index (χ1) is 9.78. The van der Waals surface area contributed by atoms with Gasteiger partial charge in [-0.2, -0.15) is 0 Å². The van der Waals surface area contributed by atoms with E-state index in [9.17, 15) is 0 Å². The first-order valence-corrected chi connectivity index (χ1v) is 6.97. The van der Waals surface area contributed by atoms with Crippen molar-refractivity contribution in [3.8, 4) is 11.5 Å². The van der Waals surface area contributed by atoms with E-state index >= 15 is 0 Å². The highest BCUT2D eigenvalue weighted by molar-refractivity contribution is 6.30. The molecule has 104 valence electrons. The Morgan fingerprint density at radius 3 is 2.50 bits per heavy atom. The standard InChI is InChI=1S/C16H16ClNO2/c1-18-16(11-6-8-12(17)9-7-11)15-10-19-13-4-2-3-5-14(13)20-15/h2-9,15-16,18H,10H2,1H3. The lowest BCUT2D eigenvalue weighted by molar-refractivity contribution is 0.0638. The van der Waals surface area contributed by atoms with Crippen molar-refractivity contribution >= 4 is 11.6 Å². The zero-order valence-corrected chi connectivity index (χ0v) is 11.9. The molecule has 2 aromatic rings. The predicted molar refractivity (Wildman–Crippen MR) is 79.6 cm³/mol. The van der Waals surface area contributed by atoms with Gasteiger partial charge in [-0.25, -0.2) is 0 Å². The molecule has 4 heteroatoms. The molecular weight excluding hydrogens is 274 g/mol. The van der Waals surface area contributed by atoms with Crippen LogP contribution in [0.4, 0.5) is 0 Å². The summed E-state index contributed by atoms with van der Waals surface area (Å²) in [6, 6.07) is 15.6. The monoisotopic (exact) mass is 289 g/mol. The topological polar surface area (TPSA) is 30.5 Å². The third-order valence-corrected chi connectivity index (χ3v) is 3.69. The maximum absolute atomic E-state index is 6.05. The second-order valence-electron chi connectivity index (χ2n) is 4.73. The van der Waals surface area contributed by atoms with Crippen LogP contribution in [0.15, 0.2) is 48.5 Å². The Hall–Kier alpha value is -1.71. The van der Waals surface area contributed by atoms with Gasteiger partial charge in [-0.05, 0) is 36.9 Å². The van der Waals surface area contributed by atoms with Crippen molar-refractivity contribution in [2.75, 3.05) is 13.7 Å². The van der Waals surface area contributed by atoms with Crippen LogP contribution in [0.5, 0.6) is 11.5 Å². The first-order valence-electron chi connectivity index (χ1n) is 6.59. The molecule has 0 spiro atoms. The fourth-order valence-corrected chi connectivity index (χ4v) is 2.56. The molecule has 0 radical (unpaired) electrons. The van der Waals surface area contributed by atoms with Crippen LogP contribution in [0.2, 0.25) is 5.02 Å². The summed E-state index contributed by atoms with van der Waals surface area (Å²) in [5.41, 5.74) is 1.13. The van der Waals surface area contributed by atoms with Gasteiger partial charge in [0.2, 0.25) is 0 Å². The summed E-state index contributed by atoms with van der Waals surface area (Å²) < 4.78 is 11.8. The molecule has 1 heterocycles. The summed E-state index contributed by atoms with van der Waals surface area (Å²) in [7, 11) is 1.92. The van der Waals surface area contributed by atoms with Crippen molar-refractivity contribution in [2.24, 2.45) is 0 Å². The number of rotatable bonds is 3. The van der Waals surface area contributed by atoms with Crippen LogP contribution in [0, 0.1) is 0 Å². The number of ether oxygens (including phenoxy) is 2. The summed E-state index contributed by atoms with van der Waals surface area (Å²) in [5, 5.41) is 4.02. The Bertz CT molecular complexity index is 585. The molecule has 0 saturated heterocycles. The van der Waals surface area contributed by atoms with E-state index in [0.29, 0.717) is 6.61 Å². The van der Waals surface area contributed by atoms with E-state index in [-0.39, 0.29) is 12.1 Å².